The van der Waals surface area contributed by atoms with Crippen LogP contribution in [0.2, 0.25) is 0 Å². The zero-order valence-electron chi connectivity index (χ0n) is 14.1. The minimum Gasteiger partial charge on any atom is -0.306 e. The van der Waals surface area contributed by atoms with E-state index in [1.807, 2.05) is 53.2 Å². The number of sulfonamides is 1. The highest BCUT2D eigenvalue weighted by atomic mass is 32.2. The van der Waals surface area contributed by atoms with Crippen LogP contribution >= 0.6 is 0 Å². The number of imidazole rings is 1. The number of rotatable bonds is 4. The van der Waals surface area contributed by atoms with Crippen LogP contribution in [0.4, 0.5) is 5.69 Å². The summed E-state index contributed by atoms with van der Waals surface area (Å²) in [5.41, 5.74) is 3.40. The van der Waals surface area contributed by atoms with Gasteiger partial charge in [-0.15, -0.1) is 0 Å². The van der Waals surface area contributed by atoms with E-state index in [2.05, 4.69) is 9.71 Å². The lowest BCUT2D eigenvalue weighted by atomic mass is 10.1. The Balaban J connectivity index is 1.57. The van der Waals surface area contributed by atoms with E-state index in [0.717, 1.165) is 16.9 Å². The Hall–Kier alpha value is -3.63. The summed E-state index contributed by atoms with van der Waals surface area (Å²) in [6.07, 6.45) is 3.84. The molecule has 0 amide bonds. The largest absolute Gasteiger partial charge is 0.306 e. The molecular weight excluding hydrogens is 360 g/mol. The molecule has 7 heteroatoms. The van der Waals surface area contributed by atoms with Crippen LogP contribution in [-0.4, -0.2) is 17.8 Å². The van der Waals surface area contributed by atoms with Crippen molar-refractivity contribution >= 4 is 21.4 Å². The summed E-state index contributed by atoms with van der Waals surface area (Å²) in [6, 6.07) is 20.5. The van der Waals surface area contributed by atoms with Crippen LogP contribution in [0.3, 0.4) is 0 Å². The summed E-state index contributed by atoms with van der Waals surface area (Å²) < 4.78 is 29.4. The van der Waals surface area contributed by atoms with Gasteiger partial charge in [0.25, 0.3) is 10.0 Å². The maximum absolute atomic E-state index is 12.5. The van der Waals surface area contributed by atoms with Crippen LogP contribution in [0.1, 0.15) is 5.56 Å². The van der Waals surface area contributed by atoms with Gasteiger partial charge in [0.05, 0.1) is 22.2 Å². The quantitative estimate of drug-likeness (QED) is 0.590. The molecule has 1 N–H and O–H groups in total. The molecule has 4 aromatic rings. The molecule has 0 aliphatic carbocycles. The van der Waals surface area contributed by atoms with Gasteiger partial charge >= 0.3 is 0 Å². The van der Waals surface area contributed by atoms with Crippen LogP contribution in [0.15, 0.2) is 84.0 Å². The number of nitriles is 1. The van der Waals surface area contributed by atoms with Crippen molar-refractivity contribution < 1.29 is 8.42 Å². The van der Waals surface area contributed by atoms with E-state index in [9.17, 15) is 8.42 Å². The molecule has 0 aliphatic rings. The van der Waals surface area contributed by atoms with Crippen molar-refractivity contribution in [2.24, 2.45) is 0 Å². The van der Waals surface area contributed by atoms with Gasteiger partial charge in [0.15, 0.2) is 0 Å². The monoisotopic (exact) mass is 374 g/mol. The molecule has 27 heavy (non-hydrogen) atoms. The number of nitrogens with zero attached hydrogens (tertiary/aromatic N) is 3. The fourth-order valence-corrected chi connectivity index (χ4v) is 3.76. The minimum atomic E-state index is -3.72. The third kappa shape index (κ3) is 3.38. The fourth-order valence-electron chi connectivity index (χ4n) is 2.71. The highest BCUT2D eigenvalue weighted by molar-refractivity contribution is 7.92. The van der Waals surface area contributed by atoms with Crippen molar-refractivity contribution in [3.8, 4) is 17.3 Å². The summed E-state index contributed by atoms with van der Waals surface area (Å²) >= 11 is 0. The molecule has 4 rings (SSSR count). The van der Waals surface area contributed by atoms with Crippen LogP contribution < -0.4 is 4.72 Å². The van der Waals surface area contributed by atoms with Crippen molar-refractivity contribution in [1.82, 2.24) is 9.38 Å². The summed E-state index contributed by atoms with van der Waals surface area (Å²) in [7, 11) is -3.72. The topological polar surface area (TPSA) is 87.3 Å². The summed E-state index contributed by atoms with van der Waals surface area (Å²) in [4.78, 5) is 4.65. The van der Waals surface area contributed by atoms with Crippen molar-refractivity contribution in [3.05, 3.63) is 84.7 Å². The Morgan fingerprint density at radius 1 is 0.963 bits per heavy atom. The molecule has 0 radical (unpaired) electrons. The van der Waals surface area contributed by atoms with E-state index >= 15 is 0 Å². The first-order chi connectivity index (χ1) is 13.0. The minimum absolute atomic E-state index is 0.103. The van der Waals surface area contributed by atoms with Crippen molar-refractivity contribution in [2.45, 2.75) is 4.90 Å². The molecule has 0 fully saturated rings. The molecule has 0 spiro atoms. The van der Waals surface area contributed by atoms with Gasteiger partial charge in [0.1, 0.15) is 5.65 Å². The number of fused-ring (bicyclic) bond motifs is 1. The highest BCUT2D eigenvalue weighted by Gasteiger charge is 2.14. The van der Waals surface area contributed by atoms with Crippen molar-refractivity contribution in [1.29, 1.82) is 5.26 Å². The fraction of sp³-hybridized carbons (Fsp3) is 0. The SMILES string of the molecule is N#Cc1ccc(S(=O)(=O)Nc2ccc(-c3cn4ccccc4n3)cc2)cc1. The van der Waals surface area contributed by atoms with Gasteiger partial charge in [0, 0.05) is 23.6 Å². The van der Waals surface area contributed by atoms with E-state index < -0.39 is 10.0 Å². The van der Waals surface area contributed by atoms with Gasteiger partial charge in [-0.1, -0.05) is 18.2 Å². The second-order valence-corrected chi connectivity index (χ2v) is 7.59. The Labute approximate surface area is 156 Å². The predicted octanol–water partition coefficient (Wildman–Crippen LogP) is 3.67. The zero-order chi connectivity index (χ0) is 18.9. The number of pyridine rings is 1. The average molecular weight is 374 g/mol. The summed E-state index contributed by atoms with van der Waals surface area (Å²) in [5, 5.41) is 8.81. The standard InChI is InChI=1S/C20H14N4O2S/c21-13-15-4-10-18(11-5-15)27(25,26)23-17-8-6-16(7-9-17)19-14-24-12-2-1-3-20(24)22-19/h1-12,14,23H. The smallest absolute Gasteiger partial charge is 0.261 e. The maximum atomic E-state index is 12.5. The van der Waals surface area contributed by atoms with E-state index in [1.165, 1.54) is 24.3 Å². The van der Waals surface area contributed by atoms with Gasteiger partial charge in [0.2, 0.25) is 0 Å². The maximum Gasteiger partial charge on any atom is 0.261 e. The van der Waals surface area contributed by atoms with E-state index in [4.69, 9.17) is 5.26 Å². The predicted molar refractivity (Wildman–Crippen MR) is 103 cm³/mol. The molecule has 2 aromatic carbocycles. The van der Waals surface area contributed by atoms with Crippen LogP contribution in [0.25, 0.3) is 16.9 Å². The number of anilines is 1. The highest BCUT2D eigenvalue weighted by Crippen LogP contribution is 2.23. The molecular formula is C20H14N4O2S. The second kappa shape index (κ2) is 6.59. The van der Waals surface area contributed by atoms with Gasteiger partial charge < -0.3 is 4.40 Å². The second-order valence-electron chi connectivity index (χ2n) is 5.91. The van der Waals surface area contributed by atoms with Crippen LogP contribution in [-0.2, 0) is 10.0 Å². The van der Waals surface area contributed by atoms with Crippen molar-refractivity contribution in [3.63, 3.8) is 0 Å². The molecule has 0 unspecified atom stereocenters. The van der Waals surface area contributed by atoms with E-state index in [-0.39, 0.29) is 4.90 Å². The molecule has 6 nitrogen and oxygen atoms in total. The summed E-state index contributed by atoms with van der Waals surface area (Å²) in [5.74, 6) is 0. The lowest BCUT2D eigenvalue weighted by Crippen LogP contribution is -2.12. The van der Waals surface area contributed by atoms with E-state index in [1.54, 1.807) is 12.1 Å². The van der Waals surface area contributed by atoms with Gasteiger partial charge in [-0.25, -0.2) is 13.4 Å². The summed E-state index contributed by atoms with van der Waals surface area (Å²) in [6.45, 7) is 0. The average Bonchev–Trinajstić information content (AvgIpc) is 3.12. The first kappa shape index (κ1) is 16.8. The normalized spacial score (nSPS) is 11.2. The van der Waals surface area contributed by atoms with E-state index in [0.29, 0.717) is 11.3 Å². The first-order valence-corrected chi connectivity index (χ1v) is 9.61. The lowest BCUT2D eigenvalue weighted by molar-refractivity contribution is 0.601. The first-order valence-electron chi connectivity index (χ1n) is 8.12. The molecule has 2 heterocycles. The number of hydrogen-bond acceptors (Lipinski definition) is 4. The Kier molecular flexibility index (Phi) is 4.11. The number of aromatic nitrogens is 2. The Bertz CT molecular complexity index is 1220. The van der Waals surface area contributed by atoms with Gasteiger partial charge in [-0.3, -0.25) is 4.72 Å². The lowest BCUT2D eigenvalue weighted by Gasteiger charge is -2.08. The molecule has 0 saturated carbocycles. The zero-order valence-corrected chi connectivity index (χ0v) is 14.9. The third-order valence-corrected chi connectivity index (χ3v) is 5.49. The molecule has 0 atom stereocenters. The third-order valence-electron chi connectivity index (χ3n) is 4.09. The Morgan fingerprint density at radius 3 is 2.37 bits per heavy atom. The van der Waals surface area contributed by atoms with Crippen LogP contribution in [0.5, 0.6) is 0 Å². The van der Waals surface area contributed by atoms with Gasteiger partial charge in [-0.2, -0.15) is 5.26 Å². The van der Waals surface area contributed by atoms with Crippen LogP contribution in [0, 0.1) is 11.3 Å². The van der Waals surface area contributed by atoms with Crippen molar-refractivity contribution in [2.75, 3.05) is 4.72 Å². The number of nitrogens with one attached hydrogen (secondary N) is 1. The molecule has 0 bridgehead atoms. The van der Waals surface area contributed by atoms with Gasteiger partial charge in [-0.05, 0) is 48.5 Å². The Morgan fingerprint density at radius 2 is 1.70 bits per heavy atom. The molecule has 2 aromatic heterocycles. The molecule has 0 aliphatic heterocycles. The molecule has 0 saturated heterocycles. The molecule has 132 valence electrons. The number of hydrogen-bond donors (Lipinski definition) is 1. The number of benzene rings is 2.